The van der Waals surface area contributed by atoms with Crippen molar-refractivity contribution in [3.63, 3.8) is 0 Å². The molecule has 2 heterocycles. The molecule has 2 fully saturated rings. The number of hydrogen-bond donors (Lipinski definition) is 0. The topological polar surface area (TPSA) is 81.2 Å². The van der Waals surface area contributed by atoms with Gasteiger partial charge in [-0.05, 0) is 62.8 Å². The first-order valence-electron chi connectivity index (χ1n) is 11.6. The highest BCUT2D eigenvalue weighted by Crippen LogP contribution is 2.37. The molecule has 4 rings (SSSR count). The minimum Gasteiger partial charge on any atom is -0.497 e. The zero-order chi connectivity index (χ0) is 24.6. The third-order valence-corrected chi connectivity index (χ3v) is 6.34. The van der Waals surface area contributed by atoms with E-state index in [2.05, 4.69) is 11.6 Å². The quantitative estimate of drug-likeness (QED) is 0.597. The fourth-order valence-electron chi connectivity index (χ4n) is 4.44. The number of ether oxygens (including phenoxy) is 3. The largest absolute Gasteiger partial charge is 0.497 e. The molecule has 182 valence electrons. The number of methoxy groups -OCH3 is 1. The number of rotatable bonds is 6. The zero-order valence-corrected chi connectivity index (χ0v) is 20.5. The normalized spacial score (nSPS) is 24.0. The highest BCUT2D eigenvalue weighted by molar-refractivity contribution is 5.88. The predicted molar refractivity (Wildman–Crippen MR) is 129 cm³/mol. The molecule has 4 unspecified atom stereocenters. The number of carbonyl (C=O) groups is 2. The van der Waals surface area contributed by atoms with Gasteiger partial charge in [0.05, 0.1) is 13.7 Å². The summed E-state index contributed by atoms with van der Waals surface area (Å²) in [5.41, 5.74) is -0.670. The fraction of sp³-hybridized carbons (Fsp3) is 0.500. The molecule has 1 aromatic carbocycles. The minimum absolute atomic E-state index is 0.109. The van der Waals surface area contributed by atoms with E-state index < -0.39 is 23.8 Å². The lowest BCUT2D eigenvalue weighted by Gasteiger charge is -2.30. The van der Waals surface area contributed by atoms with Gasteiger partial charge in [-0.15, -0.1) is 6.58 Å². The van der Waals surface area contributed by atoms with Crippen molar-refractivity contribution in [3.8, 4) is 11.6 Å². The number of nitrogens with zero attached hydrogens (tertiary/aromatic N) is 3. The van der Waals surface area contributed by atoms with Gasteiger partial charge in [-0.25, -0.2) is 9.78 Å². The molecular weight excluding hydrogens is 434 g/mol. The molecule has 0 bridgehead atoms. The molecular formula is C26H33N3O5. The number of amides is 2. The number of fused-ring (bicyclic) bond motifs is 1. The number of carbonyl (C=O) groups excluding carboxylic acids is 2. The van der Waals surface area contributed by atoms with E-state index in [-0.39, 0.29) is 18.5 Å². The molecule has 1 aliphatic carbocycles. The van der Waals surface area contributed by atoms with Crippen LogP contribution in [0.2, 0.25) is 0 Å². The van der Waals surface area contributed by atoms with E-state index in [0.717, 1.165) is 22.9 Å². The molecule has 2 amide bonds. The van der Waals surface area contributed by atoms with Crippen LogP contribution < -0.4 is 9.47 Å². The minimum atomic E-state index is -0.670. The lowest BCUT2D eigenvalue weighted by atomic mass is 10.1. The van der Waals surface area contributed by atoms with Crippen molar-refractivity contribution in [2.24, 2.45) is 5.92 Å². The van der Waals surface area contributed by atoms with E-state index in [9.17, 15) is 9.59 Å². The second kappa shape index (κ2) is 9.16. The smallest absolute Gasteiger partial charge is 0.411 e. The second-order valence-electron chi connectivity index (χ2n) is 9.98. The summed E-state index contributed by atoms with van der Waals surface area (Å²) in [6, 6.07) is 7.02. The Bertz CT molecular complexity index is 1100. The van der Waals surface area contributed by atoms with Crippen molar-refractivity contribution in [1.82, 2.24) is 14.8 Å². The Morgan fingerprint density at radius 3 is 2.65 bits per heavy atom. The van der Waals surface area contributed by atoms with E-state index in [0.29, 0.717) is 18.2 Å². The summed E-state index contributed by atoms with van der Waals surface area (Å²) in [5.74, 6) is 1.40. The van der Waals surface area contributed by atoms with Gasteiger partial charge in [0.15, 0.2) is 0 Å². The molecule has 2 aromatic rings. The van der Waals surface area contributed by atoms with Gasteiger partial charge in [0.25, 0.3) is 0 Å². The Hall–Kier alpha value is -3.29. The van der Waals surface area contributed by atoms with Gasteiger partial charge in [0.2, 0.25) is 11.8 Å². The van der Waals surface area contributed by atoms with Gasteiger partial charge in [-0.2, -0.15) is 0 Å². The number of pyridine rings is 1. The van der Waals surface area contributed by atoms with Crippen LogP contribution in [0, 0.1) is 5.92 Å². The van der Waals surface area contributed by atoms with Crippen LogP contribution >= 0.6 is 0 Å². The van der Waals surface area contributed by atoms with Gasteiger partial charge in [0.1, 0.15) is 23.5 Å². The maximum absolute atomic E-state index is 13.4. The molecule has 34 heavy (non-hydrogen) atoms. The molecule has 0 radical (unpaired) electrons. The van der Waals surface area contributed by atoms with Crippen molar-refractivity contribution in [1.29, 1.82) is 0 Å². The van der Waals surface area contributed by atoms with E-state index >= 15 is 0 Å². The highest BCUT2D eigenvalue weighted by Gasteiger charge is 2.48. The first-order chi connectivity index (χ1) is 16.1. The number of hydrogen-bond acceptors (Lipinski definition) is 6. The SMILES string of the molecule is C=CC1CC1N(C)C(=O)C1CC(Oc2nccc3cc(OC)ccc23)CN1C(=O)OC(C)(C)C. The van der Waals surface area contributed by atoms with Crippen LogP contribution in [0.5, 0.6) is 11.6 Å². The van der Waals surface area contributed by atoms with Gasteiger partial charge >= 0.3 is 6.09 Å². The molecule has 4 atom stereocenters. The molecule has 1 saturated carbocycles. The summed E-state index contributed by atoms with van der Waals surface area (Å²) in [7, 11) is 3.41. The Labute approximate surface area is 200 Å². The third-order valence-electron chi connectivity index (χ3n) is 6.34. The van der Waals surface area contributed by atoms with E-state index in [1.165, 1.54) is 4.90 Å². The molecule has 0 spiro atoms. The molecule has 8 heteroatoms. The van der Waals surface area contributed by atoms with Gasteiger partial charge in [-0.1, -0.05) is 6.08 Å². The van der Waals surface area contributed by atoms with Crippen LogP contribution in [0.3, 0.4) is 0 Å². The van der Waals surface area contributed by atoms with Gasteiger partial charge in [0, 0.05) is 31.1 Å². The van der Waals surface area contributed by atoms with Crippen LogP contribution in [-0.2, 0) is 9.53 Å². The Morgan fingerprint density at radius 2 is 2.00 bits per heavy atom. The summed E-state index contributed by atoms with van der Waals surface area (Å²) < 4.78 is 17.2. The number of aromatic nitrogens is 1. The van der Waals surface area contributed by atoms with E-state index in [1.54, 1.807) is 25.3 Å². The predicted octanol–water partition coefficient (Wildman–Crippen LogP) is 4.03. The summed E-state index contributed by atoms with van der Waals surface area (Å²) in [5, 5.41) is 1.77. The van der Waals surface area contributed by atoms with Crippen molar-refractivity contribution in [2.45, 2.75) is 57.4 Å². The number of likely N-dealkylation sites (N-methyl/N-ethyl adjacent to an activating group) is 1. The van der Waals surface area contributed by atoms with Gasteiger partial charge in [-0.3, -0.25) is 9.69 Å². The van der Waals surface area contributed by atoms with Crippen molar-refractivity contribution in [2.75, 3.05) is 20.7 Å². The summed E-state index contributed by atoms with van der Waals surface area (Å²) >= 11 is 0. The average Bonchev–Trinajstić information content (AvgIpc) is 3.47. The van der Waals surface area contributed by atoms with Crippen molar-refractivity contribution in [3.05, 3.63) is 43.1 Å². The number of likely N-dealkylation sites (tertiary alicyclic amines) is 1. The van der Waals surface area contributed by atoms with Gasteiger partial charge < -0.3 is 19.1 Å². The van der Waals surface area contributed by atoms with Crippen molar-refractivity contribution < 1.29 is 23.8 Å². The Balaban J connectivity index is 1.56. The summed E-state index contributed by atoms with van der Waals surface area (Å²) in [6.45, 7) is 9.50. The van der Waals surface area contributed by atoms with Crippen LogP contribution in [0.15, 0.2) is 43.1 Å². The maximum atomic E-state index is 13.4. The fourth-order valence-corrected chi connectivity index (χ4v) is 4.44. The molecule has 1 aromatic heterocycles. The molecule has 8 nitrogen and oxygen atoms in total. The van der Waals surface area contributed by atoms with Crippen LogP contribution in [0.25, 0.3) is 10.8 Å². The Kier molecular flexibility index (Phi) is 6.43. The lowest BCUT2D eigenvalue weighted by molar-refractivity contribution is -0.135. The highest BCUT2D eigenvalue weighted by atomic mass is 16.6. The summed E-state index contributed by atoms with van der Waals surface area (Å²) in [6.07, 6.45) is 3.90. The standard InChI is InChI=1S/C26H33N3O5/c1-7-16-13-21(16)28(5)24(30)22-14-19(15-29(22)25(31)34-26(2,3)4)33-23-20-9-8-18(32-6)12-17(20)10-11-27-23/h7-12,16,19,21-22H,1,13-15H2,2-6H3. The van der Waals surface area contributed by atoms with E-state index in [1.807, 2.05) is 51.1 Å². The van der Waals surface area contributed by atoms with Crippen molar-refractivity contribution >= 4 is 22.8 Å². The monoisotopic (exact) mass is 467 g/mol. The second-order valence-corrected chi connectivity index (χ2v) is 9.98. The molecule has 1 aliphatic heterocycles. The number of benzene rings is 1. The van der Waals surface area contributed by atoms with Crippen LogP contribution in [0.4, 0.5) is 4.79 Å². The third kappa shape index (κ3) is 4.95. The molecule has 0 N–H and O–H groups in total. The zero-order valence-electron chi connectivity index (χ0n) is 20.5. The first kappa shape index (κ1) is 23.9. The van der Waals surface area contributed by atoms with Crippen LogP contribution in [0.1, 0.15) is 33.6 Å². The van der Waals surface area contributed by atoms with E-state index in [4.69, 9.17) is 14.2 Å². The first-order valence-corrected chi connectivity index (χ1v) is 11.6. The van der Waals surface area contributed by atoms with Crippen LogP contribution in [-0.4, -0.2) is 71.3 Å². The average molecular weight is 468 g/mol. The Morgan fingerprint density at radius 1 is 1.24 bits per heavy atom. The molecule has 1 saturated heterocycles. The maximum Gasteiger partial charge on any atom is 0.411 e. The molecule has 2 aliphatic rings. The lowest BCUT2D eigenvalue weighted by Crippen LogP contribution is -2.48. The summed E-state index contributed by atoms with van der Waals surface area (Å²) in [4.78, 5) is 34.1.